The van der Waals surface area contributed by atoms with E-state index in [9.17, 15) is 4.79 Å². The topological polar surface area (TPSA) is 78.0 Å². The Hall–Kier alpha value is -2.17. The van der Waals surface area contributed by atoms with Crippen LogP contribution in [-0.2, 0) is 9.53 Å². The van der Waals surface area contributed by atoms with Crippen LogP contribution in [0.2, 0.25) is 0 Å². The Kier molecular flexibility index (Phi) is 10.2. The average Bonchev–Trinajstić information content (AvgIpc) is 2.84. The number of halogens is 1. The molecule has 2 aliphatic rings. The Morgan fingerprint density at radius 1 is 1.15 bits per heavy atom. The van der Waals surface area contributed by atoms with Gasteiger partial charge in [0.1, 0.15) is 0 Å². The van der Waals surface area contributed by atoms with Gasteiger partial charge in [-0.05, 0) is 31.0 Å². The molecule has 3 N–H and O–H groups in total. The molecule has 2 aliphatic heterocycles. The molecule has 0 spiro atoms. The van der Waals surface area contributed by atoms with Crippen LogP contribution in [0, 0.1) is 6.92 Å². The fraction of sp³-hybridized carbons (Fsp3) is 0.462. The number of rotatable bonds is 7. The minimum absolute atomic E-state index is 0. The Bertz CT molecular complexity index is 960. The fourth-order valence-electron chi connectivity index (χ4n) is 4.53. The van der Waals surface area contributed by atoms with Crippen molar-refractivity contribution in [3.8, 4) is 0 Å². The van der Waals surface area contributed by atoms with E-state index in [1.807, 2.05) is 18.2 Å². The number of ether oxygens (including phenoxy) is 1. The standard InChI is InChI=1S/C26H35N5O2.HI/c1-3-27-26(28-17-21-16-25(32)30-23-7-5-4-6-22(21)23)29-18-24(31-12-14-33-15-13-31)20-10-8-19(2)9-11-20;/h4-11,21,24H,3,12-18H2,1-2H3,(H,30,32)(H2,27,28,29);1H. The number of amides is 1. The maximum absolute atomic E-state index is 12.2. The Labute approximate surface area is 219 Å². The normalized spacial score (nSPS) is 19.4. The number of benzene rings is 2. The molecule has 2 unspecified atom stereocenters. The van der Waals surface area contributed by atoms with Crippen LogP contribution in [0.1, 0.15) is 42.0 Å². The average molecular weight is 578 g/mol. The van der Waals surface area contributed by atoms with Gasteiger partial charge in [-0.1, -0.05) is 48.0 Å². The van der Waals surface area contributed by atoms with E-state index in [1.165, 1.54) is 16.7 Å². The molecule has 2 heterocycles. The lowest BCUT2D eigenvalue weighted by atomic mass is 9.90. The van der Waals surface area contributed by atoms with Crippen LogP contribution in [0.15, 0.2) is 53.5 Å². The summed E-state index contributed by atoms with van der Waals surface area (Å²) in [6.07, 6.45) is 0.475. The maximum atomic E-state index is 12.2. The van der Waals surface area contributed by atoms with Gasteiger partial charge in [0.25, 0.3) is 0 Å². The lowest BCUT2D eigenvalue weighted by Crippen LogP contribution is -2.43. The number of para-hydroxylation sites is 1. The van der Waals surface area contributed by atoms with Crippen molar-refractivity contribution in [3.05, 3.63) is 65.2 Å². The number of nitrogens with one attached hydrogen (secondary N) is 3. The second-order valence-corrected chi connectivity index (χ2v) is 8.71. The van der Waals surface area contributed by atoms with E-state index in [1.54, 1.807) is 0 Å². The fourth-order valence-corrected chi connectivity index (χ4v) is 4.53. The molecular weight excluding hydrogens is 541 g/mol. The molecule has 184 valence electrons. The van der Waals surface area contributed by atoms with Gasteiger partial charge in [0, 0.05) is 44.2 Å². The zero-order valence-electron chi connectivity index (χ0n) is 20.0. The van der Waals surface area contributed by atoms with Crippen LogP contribution in [0.3, 0.4) is 0 Å². The van der Waals surface area contributed by atoms with Crippen LogP contribution in [0.25, 0.3) is 0 Å². The number of morpholine rings is 1. The SMILES string of the molecule is CCNC(=NCC(c1ccc(C)cc1)N1CCOCC1)NCC1CC(=O)Nc2ccccc21.I. The van der Waals surface area contributed by atoms with Crippen molar-refractivity contribution in [3.63, 3.8) is 0 Å². The van der Waals surface area contributed by atoms with E-state index < -0.39 is 0 Å². The number of aliphatic imine (C=N–C) groups is 1. The van der Waals surface area contributed by atoms with Crippen LogP contribution < -0.4 is 16.0 Å². The van der Waals surface area contributed by atoms with E-state index in [-0.39, 0.29) is 41.8 Å². The van der Waals surface area contributed by atoms with Crippen LogP contribution >= 0.6 is 24.0 Å². The Balaban J connectivity index is 0.00000324. The van der Waals surface area contributed by atoms with Gasteiger partial charge in [-0.2, -0.15) is 0 Å². The Morgan fingerprint density at radius 2 is 1.88 bits per heavy atom. The number of anilines is 1. The summed E-state index contributed by atoms with van der Waals surface area (Å²) in [4.78, 5) is 19.6. The lowest BCUT2D eigenvalue weighted by Gasteiger charge is -2.34. The van der Waals surface area contributed by atoms with Gasteiger partial charge in [-0.25, -0.2) is 0 Å². The molecule has 34 heavy (non-hydrogen) atoms. The molecule has 2 atom stereocenters. The monoisotopic (exact) mass is 577 g/mol. The summed E-state index contributed by atoms with van der Waals surface area (Å²) in [5.74, 6) is 0.964. The molecule has 0 aliphatic carbocycles. The minimum Gasteiger partial charge on any atom is -0.379 e. The van der Waals surface area contributed by atoms with Crippen molar-refractivity contribution in [1.82, 2.24) is 15.5 Å². The zero-order valence-corrected chi connectivity index (χ0v) is 22.4. The van der Waals surface area contributed by atoms with Crippen molar-refractivity contribution >= 4 is 41.5 Å². The van der Waals surface area contributed by atoms with E-state index in [2.05, 4.69) is 65.0 Å². The van der Waals surface area contributed by atoms with E-state index in [0.717, 1.165) is 44.5 Å². The third-order valence-electron chi connectivity index (χ3n) is 6.34. The molecule has 8 heteroatoms. The van der Waals surface area contributed by atoms with E-state index >= 15 is 0 Å². The Morgan fingerprint density at radius 3 is 2.62 bits per heavy atom. The molecule has 0 saturated carbocycles. The van der Waals surface area contributed by atoms with Crippen LogP contribution in [0.5, 0.6) is 0 Å². The number of nitrogens with zero attached hydrogens (tertiary/aromatic N) is 2. The quantitative estimate of drug-likeness (QED) is 0.266. The number of hydrogen-bond donors (Lipinski definition) is 3. The smallest absolute Gasteiger partial charge is 0.225 e. The summed E-state index contributed by atoms with van der Waals surface area (Å²) in [5, 5.41) is 9.83. The highest BCUT2D eigenvalue weighted by Gasteiger charge is 2.25. The lowest BCUT2D eigenvalue weighted by molar-refractivity contribution is -0.116. The number of guanidine groups is 1. The second kappa shape index (κ2) is 13.1. The molecule has 0 aromatic heterocycles. The first-order valence-corrected chi connectivity index (χ1v) is 11.9. The highest BCUT2D eigenvalue weighted by Crippen LogP contribution is 2.31. The molecule has 1 fully saturated rings. The first-order chi connectivity index (χ1) is 16.1. The number of carbonyl (C=O) groups is 1. The molecule has 0 radical (unpaired) electrons. The van der Waals surface area contributed by atoms with Gasteiger partial charge in [-0.15, -0.1) is 24.0 Å². The number of aryl methyl sites for hydroxylation is 1. The van der Waals surface area contributed by atoms with Crippen molar-refractivity contribution in [2.75, 3.05) is 51.3 Å². The molecule has 1 amide bonds. The first kappa shape index (κ1) is 26.4. The zero-order chi connectivity index (χ0) is 23.0. The summed E-state index contributed by atoms with van der Waals surface area (Å²) >= 11 is 0. The summed E-state index contributed by atoms with van der Waals surface area (Å²) in [6.45, 7) is 9.60. The van der Waals surface area contributed by atoms with Crippen molar-refractivity contribution in [1.29, 1.82) is 0 Å². The largest absolute Gasteiger partial charge is 0.379 e. The minimum atomic E-state index is 0. The predicted octanol–water partition coefficient (Wildman–Crippen LogP) is 3.67. The van der Waals surface area contributed by atoms with Gasteiger partial charge in [-0.3, -0.25) is 14.7 Å². The summed E-state index contributed by atoms with van der Waals surface area (Å²) in [7, 11) is 0. The summed E-state index contributed by atoms with van der Waals surface area (Å²) in [6, 6.07) is 17.0. The molecule has 7 nitrogen and oxygen atoms in total. The number of fused-ring (bicyclic) bond motifs is 1. The second-order valence-electron chi connectivity index (χ2n) is 8.71. The third-order valence-corrected chi connectivity index (χ3v) is 6.34. The predicted molar refractivity (Wildman–Crippen MR) is 148 cm³/mol. The van der Waals surface area contributed by atoms with Gasteiger partial charge in [0.05, 0.1) is 25.8 Å². The van der Waals surface area contributed by atoms with Gasteiger partial charge in [0.15, 0.2) is 5.96 Å². The first-order valence-electron chi connectivity index (χ1n) is 11.9. The van der Waals surface area contributed by atoms with Crippen molar-refractivity contribution in [2.24, 2.45) is 4.99 Å². The van der Waals surface area contributed by atoms with Gasteiger partial charge in [0.2, 0.25) is 5.91 Å². The molecule has 1 saturated heterocycles. The molecule has 4 rings (SSSR count). The molecule has 2 aromatic rings. The summed E-state index contributed by atoms with van der Waals surface area (Å²) in [5.41, 5.74) is 4.62. The van der Waals surface area contributed by atoms with Crippen molar-refractivity contribution < 1.29 is 9.53 Å². The van der Waals surface area contributed by atoms with Gasteiger partial charge >= 0.3 is 0 Å². The highest BCUT2D eigenvalue weighted by atomic mass is 127. The number of carbonyl (C=O) groups excluding carboxylic acids is 1. The third kappa shape index (κ3) is 6.93. The summed E-state index contributed by atoms with van der Waals surface area (Å²) < 4.78 is 5.58. The van der Waals surface area contributed by atoms with Crippen molar-refractivity contribution in [2.45, 2.75) is 32.2 Å². The number of hydrogen-bond acceptors (Lipinski definition) is 4. The van der Waals surface area contributed by atoms with Crippen LogP contribution in [0.4, 0.5) is 5.69 Å². The highest BCUT2D eigenvalue weighted by molar-refractivity contribution is 14.0. The van der Waals surface area contributed by atoms with E-state index in [4.69, 9.17) is 9.73 Å². The molecule has 2 aromatic carbocycles. The maximum Gasteiger partial charge on any atom is 0.225 e. The van der Waals surface area contributed by atoms with Gasteiger partial charge < -0.3 is 20.7 Å². The van der Waals surface area contributed by atoms with E-state index in [0.29, 0.717) is 19.5 Å². The van der Waals surface area contributed by atoms with Crippen LogP contribution in [-0.4, -0.2) is 62.7 Å². The molecular formula is C26H36IN5O2. The molecule has 0 bridgehead atoms.